The SMILES string of the molecule is CNC(=N)NCCC(=O)C(C)(C)C. The molecule has 0 saturated heterocycles. The average Bonchev–Trinajstić information content (AvgIpc) is 2.02. The van der Waals surface area contributed by atoms with Crippen LogP contribution in [0.1, 0.15) is 27.2 Å². The Bertz CT molecular complexity index is 194. The van der Waals surface area contributed by atoms with Crippen LogP contribution in [0, 0.1) is 10.8 Å². The van der Waals surface area contributed by atoms with Gasteiger partial charge >= 0.3 is 0 Å². The molecule has 0 aromatic rings. The monoisotopic (exact) mass is 185 g/mol. The van der Waals surface area contributed by atoms with Crippen molar-refractivity contribution in [1.82, 2.24) is 10.6 Å². The van der Waals surface area contributed by atoms with Crippen molar-refractivity contribution < 1.29 is 4.79 Å². The van der Waals surface area contributed by atoms with Crippen LogP contribution in [0.2, 0.25) is 0 Å². The molecule has 0 aliphatic carbocycles. The molecule has 0 aliphatic rings. The fourth-order valence-electron chi connectivity index (χ4n) is 0.764. The highest BCUT2D eigenvalue weighted by atomic mass is 16.1. The lowest BCUT2D eigenvalue weighted by atomic mass is 9.89. The highest BCUT2D eigenvalue weighted by molar-refractivity contribution is 5.84. The minimum Gasteiger partial charge on any atom is -0.360 e. The first-order valence-electron chi connectivity index (χ1n) is 4.41. The largest absolute Gasteiger partial charge is 0.360 e. The second-order valence-corrected chi connectivity index (χ2v) is 3.97. The molecule has 0 aromatic heterocycles. The van der Waals surface area contributed by atoms with E-state index in [9.17, 15) is 4.79 Å². The Morgan fingerprint density at radius 2 is 1.92 bits per heavy atom. The molecule has 0 amide bonds. The third kappa shape index (κ3) is 5.22. The topological polar surface area (TPSA) is 65.0 Å². The van der Waals surface area contributed by atoms with Gasteiger partial charge in [0.05, 0.1) is 0 Å². The van der Waals surface area contributed by atoms with Gasteiger partial charge in [0.2, 0.25) is 0 Å². The van der Waals surface area contributed by atoms with Gasteiger partial charge in [0.1, 0.15) is 5.78 Å². The predicted octanol–water partition coefficient (Wildman–Crippen LogP) is 0.735. The zero-order valence-corrected chi connectivity index (χ0v) is 8.82. The Morgan fingerprint density at radius 3 is 2.31 bits per heavy atom. The Balaban J connectivity index is 3.67. The fraction of sp³-hybridized carbons (Fsp3) is 0.778. The molecule has 0 unspecified atom stereocenters. The summed E-state index contributed by atoms with van der Waals surface area (Å²) in [7, 11) is 1.67. The van der Waals surface area contributed by atoms with Crippen molar-refractivity contribution in [2.24, 2.45) is 5.41 Å². The Labute approximate surface area is 79.6 Å². The standard InChI is InChI=1S/C9H19N3O/c1-9(2,3)7(13)5-6-12-8(10)11-4/h5-6H2,1-4H3,(H3,10,11,12). The molecule has 4 nitrogen and oxygen atoms in total. The molecule has 0 atom stereocenters. The summed E-state index contributed by atoms with van der Waals surface area (Å²) in [4.78, 5) is 11.4. The van der Waals surface area contributed by atoms with Gasteiger partial charge in [-0.15, -0.1) is 0 Å². The van der Waals surface area contributed by atoms with Gasteiger partial charge in [-0.1, -0.05) is 20.8 Å². The van der Waals surface area contributed by atoms with Gasteiger partial charge in [0, 0.05) is 25.4 Å². The first-order chi connectivity index (χ1) is 5.88. The number of nitrogens with one attached hydrogen (secondary N) is 3. The van der Waals surface area contributed by atoms with Crippen molar-refractivity contribution in [3.05, 3.63) is 0 Å². The van der Waals surface area contributed by atoms with Crippen molar-refractivity contribution in [2.75, 3.05) is 13.6 Å². The number of Topliss-reactive ketones (excluding diaryl/α,β-unsaturated/α-hetero) is 1. The van der Waals surface area contributed by atoms with Crippen LogP contribution >= 0.6 is 0 Å². The molecule has 4 heteroatoms. The van der Waals surface area contributed by atoms with Crippen molar-refractivity contribution in [3.8, 4) is 0 Å². The maximum atomic E-state index is 11.4. The van der Waals surface area contributed by atoms with E-state index < -0.39 is 0 Å². The van der Waals surface area contributed by atoms with Crippen LogP contribution in [-0.4, -0.2) is 25.3 Å². The van der Waals surface area contributed by atoms with Crippen LogP contribution in [-0.2, 0) is 4.79 Å². The van der Waals surface area contributed by atoms with E-state index in [1.54, 1.807) is 7.05 Å². The summed E-state index contributed by atoms with van der Waals surface area (Å²) in [5.41, 5.74) is -0.274. The van der Waals surface area contributed by atoms with E-state index in [1.165, 1.54) is 0 Å². The molecule has 76 valence electrons. The van der Waals surface area contributed by atoms with Crippen LogP contribution < -0.4 is 10.6 Å². The van der Waals surface area contributed by atoms with E-state index in [0.717, 1.165) is 0 Å². The Kier molecular flexibility index (Phi) is 4.45. The lowest BCUT2D eigenvalue weighted by molar-refractivity contribution is -0.126. The number of carbonyl (C=O) groups excluding carboxylic acids is 1. The zero-order valence-electron chi connectivity index (χ0n) is 8.82. The minimum atomic E-state index is -0.274. The van der Waals surface area contributed by atoms with E-state index in [2.05, 4.69) is 10.6 Å². The van der Waals surface area contributed by atoms with Gasteiger partial charge in [0.25, 0.3) is 0 Å². The first-order valence-corrected chi connectivity index (χ1v) is 4.41. The summed E-state index contributed by atoms with van der Waals surface area (Å²) in [5.74, 6) is 0.464. The molecule has 0 aromatic carbocycles. The summed E-state index contributed by atoms with van der Waals surface area (Å²) < 4.78 is 0. The molecule has 0 radical (unpaired) electrons. The third-order valence-electron chi connectivity index (χ3n) is 1.74. The van der Waals surface area contributed by atoms with Crippen molar-refractivity contribution in [1.29, 1.82) is 5.41 Å². The average molecular weight is 185 g/mol. The van der Waals surface area contributed by atoms with Gasteiger partial charge in [0.15, 0.2) is 5.96 Å². The Morgan fingerprint density at radius 1 is 1.38 bits per heavy atom. The molecule has 0 aliphatic heterocycles. The van der Waals surface area contributed by atoms with Crippen LogP contribution in [0.15, 0.2) is 0 Å². The molecule has 0 saturated carbocycles. The maximum absolute atomic E-state index is 11.4. The Hall–Kier alpha value is -1.06. The highest BCUT2D eigenvalue weighted by Crippen LogP contribution is 2.15. The molecule has 0 spiro atoms. The van der Waals surface area contributed by atoms with Crippen LogP contribution in [0.4, 0.5) is 0 Å². The number of guanidine groups is 1. The van der Waals surface area contributed by atoms with Gasteiger partial charge < -0.3 is 10.6 Å². The predicted molar refractivity (Wildman–Crippen MR) is 53.9 cm³/mol. The molecule has 0 rings (SSSR count). The summed E-state index contributed by atoms with van der Waals surface area (Å²) >= 11 is 0. The van der Waals surface area contributed by atoms with Crippen LogP contribution in [0.25, 0.3) is 0 Å². The van der Waals surface area contributed by atoms with Gasteiger partial charge in [-0.25, -0.2) is 0 Å². The van der Waals surface area contributed by atoms with E-state index in [0.29, 0.717) is 13.0 Å². The van der Waals surface area contributed by atoms with E-state index in [1.807, 2.05) is 20.8 Å². The van der Waals surface area contributed by atoms with Crippen molar-refractivity contribution >= 4 is 11.7 Å². The van der Waals surface area contributed by atoms with E-state index in [4.69, 9.17) is 5.41 Å². The first kappa shape index (κ1) is 11.9. The molecule has 0 fully saturated rings. The normalized spacial score (nSPS) is 10.8. The minimum absolute atomic E-state index is 0.212. The zero-order chi connectivity index (χ0) is 10.5. The van der Waals surface area contributed by atoms with Crippen molar-refractivity contribution in [2.45, 2.75) is 27.2 Å². The quantitative estimate of drug-likeness (QED) is 0.449. The maximum Gasteiger partial charge on any atom is 0.188 e. The summed E-state index contributed by atoms with van der Waals surface area (Å²) in [5, 5.41) is 12.6. The molecular weight excluding hydrogens is 166 g/mol. The summed E-state index contributed by atoms with van der Waals surface area (Å²) in [6.07, 6.45) is 0.466. The lowest BCUT2D eigenvalue weighted by Crippen LogP contribution is -2.36. The summed E-state index contributed by atoms with van der Waals surface area (Å²) in [6, 6.07) is 0. The van der Waals surface area contributed by atoms with E-state index >= 15 is 0 Å². The highest BCUT2D eigenvalue weighted by Gasteiger charge is 2.19. The number of rotatable bonds is 3. The van der Waals surface area contributed by atoms with Gasteiger partial charge in [-0.3, -0.25) is 10.2 Å². The van der Waals surface area contributed by atoms with Crippen LogP contribution in [0.5, 0.6) is 0 Å². The summed E-state index contributed by atoms with van der Waals surface area (Å²) in [6.45, 7) is 6.23. The molecule has 3 N–H and O–H groups in total. The number of hydrogen-bond acceptors (Lipinski definition) is 2. The third-order valence-corrected chi connectivity index (χ3v) is 1.74. The van der Waals surface area contributed by atoms with Crippen LogP contribution in [0.3, 0.4) is 0 Å². The molecule has 0 heterocycles. The lowest BCUT2D eigenvalue weighted by Gasteiger charge is -2.16. The molecule has 13 heavy (non-hydrogen) atoms. The van der Waals surface area contributed by atoms with Gasteiger partial charge in [-0.2, -0.15) is 0 Å². The number of hydrogen-bond donors (Lipinski definition) is 3. The van der Waals surface area contributed by atoms with Gasteiger partial charge in [-0.05, 0) is 0 Å². The second-order valence-electron chi connectivity index (χ2n) is 3.97. The molecular formula is C9H19N3O. The number of ketones is 1. The number of carbonyl (C=O) groups is 1. The second kappa shape index (κ2) is 4.84. The smallest absolute Gasteiger partial charge is 0.188 e. The van der Waals surface area contributed by atoms with Crippen molar-refractivity contribution in [3.63, 3.8) is 0 Å². The molecule has 0 bridgehead atoms. The fourth-order valence-corrected chi connectivity index (χ4v) is 0.764. The van der Waals surface area contributed by atoms with E-state index in [-0.39, 0.29) is 17.2 Å².